The van der Waals surface area contributed by atoms with E-state index in [9.17, 15) is 9.00 Å². The Labute approximate surface area is 177 Å². The Morgan fingerprint density at radius 1 is 1.24 bits per heavy atom. The molecule has 1 amide bonds. The molecule has 1 saturated heterocycles. The van der Waals surface area contributed by atoms with Crippen LogP contribution in [0.1, 0.15) is 25.3 Å². The Morgan fingerprint density at radius 2 is 1.93 bits per heavy atom. The summed E-state index contributed by atoms with van der Waals surface area (Å²) < 4.78 is 12.3. The first-order chi connectivity index (χ1) is 14.0. The van der Waals surface area contributed by atoms with Crippen LogP contribution in [0.5, 0.6) is 0 Å². The van der Waals surface area contributed by atoms with Gasteiger partial charge < -0.3 is 15.5 Å². The van der Waals surface area contributed by atoms with Crippen molar-refractivity contribution < 1.29 is 9.00 Å². The molecule has 0 saturated carbocycles. The van der Waals surface area contributed by atoms with E-state index in [1.807, 2.05) is 37.3 Å². The highest BCUT2D eigenvalue weighted by atomic mass is 32.2. The fraction of sp³-hybridized carbons (Fsp3) is 0.619. The quantitative estimate of drug-likeness (QED) is 0.460. The van der Waals surface area contributed by atoms with Gasteiger partial charge in [-0.3, -0.25) is 18.9 Å². The predicted octanol–water partition coefficient (Wildman–Crippen LogP) is 1.04. The summed E-state index contributed by atoms with van der Waals surface area (Å²) in [7, 11) is 2.67. The average Bonchev–Trinajstić information content (AvgIpc) is 2.70. The minimum Gasteiger partial charge on any atom is -0.357 e. The van der Waals surface area contributed by atoms with Crippen LogP contribution in [0.4, 0.5) is 0 Å². The minimum atomic E-state index is -0.918. The zero-order chi connectivity index (χ0) is 21.1. The molecule has 1 aliphatic heterocycles. The maximum absolute atomic E-state index is 12.3. The van der Waals surface area contributed by atoms with E-state index in [-0.39, 0.29) is 5.91 Å². The van der Waals surface area contributed by atoms with Crippen molar-refractivity contribution in [1.82, 2.24) is 20.4 Å². The number of nitrogens with one attached hydrogen (secondary N) is 2. The summed E-state index contributed by atoms with van der Waals surface area (Å²) in [5.74, 6) is 2.06. The molecule has 162 valence electrons. The van der Waals surface area contributed by atoms with Crippen LogP contribution in [-0.4, -0.2) is 84.5 Å². The third kappa shape index (κ3) is 8.95. The molecule has 0 aliphatic carbocycles. The number of amides is 1. The van der Waals surface area contributed by atoms with E-state index in [0.717, 1.165) is 44.0 Å². The van der Waals surface area contributed by atoms with Crippen molar-refractivity contribution in [3.05, 3.63) is 35.9 Å². The number of likely N-dealkylation sites (tertiary alicyclic amines) is 1. The summed E-state index contributed by atoms with van der Waals surface area (Å²) >= 11 is 0. The largest absolute Gasteiger partial charge is 0.357 e. The van der Waals surface area contributed by atoms with Crippen LogP contribution >= 0.6 is 0 Å². The van der Waals surface area contributed by atoms with Crippen molar-refractivity contribution in [2.75, 3.05) is 52.6 Å². The molecule has 1 heterocycles. The predicted molar refractivity (Wildman–Crippen MR) is 120 cm³/mol. The minimum absolute atomic E-state index is 0.148. The van der Waals surface area contributed by atoms with E-state index in [2.05, 4.69) is 20.5 Å². The van der Waals surface area contributed by atoms with E-state index >= 15 is 0 Å². The third-order valence-corrected chi connectivity index (χ3v) is 6.18. The van der Waals surface area contributed by atoms with Gasteiger partial charge in [0.05, 0.1) is 13.1 Å². The molecular weight excluding hydrogens is 386 g/mol. The van der Waals surface area contributed by atoms with Crippen molar-refractivity contribution in [1.29, 1.82) is 0 Å². The smallest absolute Gasteiger partial charge is 0.236 e. The second-order valence-corrected chi connectivity index (χ2v) is 9.09. The molecule has 1 aromatic rings. The first-order valence-electron chi connectivity index (χ1n) is 10.3. The highest BCUT2D eigenvalue weighted by Crippen LogP contribution is 2.10. The van der Waals surface area contributed by atoms with E-state index < -0.39 is 10.8 Å². The van der Waals surface area contributed by atoms with Gasteiger partial charge in [-0.2, -0.15) is 0 Å². The maximum atomic E-state index is 12.3. The first-order valence-corrected chi connectivity index (χ1v) is 11.8. The molecule has 2 rings (SSSR count). The van der Waals surface area contributed by atoms with E-state index in [4.69, 9.17) is 0 Å². The van der Waals surface area contributed by atoms with Gasteiger partial charge in [0.2, 0.25) is 5.91 Å². The highest BCUT2D eigenvalue weighted by molar-refractivity contribution is 7.84. The van der Waals surface area contributed by atoms with Crippen LogP contribution in [0.3, 0.4) is 0 Å². The molecule has 7 nitrogen and oxygen atoms in total. The van der Waals surface area contributed by atoms with Gasteiger partial charge in [-0.05, 0) is 25.3 Å². The van der Waals surface area contributed by atoms with Gasteiger partial charge in [-0.1, -0.05) is 30.3 Å². The molecule has 1 atom stereocenters. The number of hydrogen-bond donors (Lipinski definition) is 2. The summed E-state index contributed by atoms with van der Waals surface area (Å²) in [5, 5.41) is 6.77. The van der Waals surface area contributed by atoms with Gasteiger partial charge in [-0.25, -0.2) is 0 Å². The number of aliphatic imine (C=N–C) groups is 1. The lowest BCUT2D eigenvalue weighted by molar-refractivity contribution is -0.130. The number of hydrogen-bond acceptors (Lipinski definition) is 4. The summed E-state index contributed by atoms with van der Waals surface area (Å²) in [4.78, 5) is 20.3. The molecule has 8 heteroatoms. The van der Waals surface area contributed by atoms with Crippen LogP contribution < -0.4 is 10.6 Å². The molecule has 1 unspecified atom stereocenters. The fourth-order valence-corrected chi connectivity index (χ4v) is 4.18. The Kier molecular flexibility index (Phi) is 10.1. The van der Waals surface area contributed by atoms with E-state index in [0.29, 0.717) is 30.6 Å². The third-order valence-electron chi connectivity index (χ3n) is 4.89. The van der Waals surface area contributed by atoms with Crippen molar-refractivity contribution in [3.63, 3.8) is 0 Å². The van der Waals surface area contributed by atoms with Crippen molar-refractivity contribution in [3.8, 4) is 0 Å². The molecule has 29 heavy (non-hydrogen) atoms. The molecule has 0 bridgehead atoms. The van der Waals surface area contributed by atoms with Crippen LogP contribution in [-0.2, 0) is 21.3 Å². The number of piperidine rings is 1. The standard InChI is InChI=1S/C21H35N5O2S/c1-4-22-21(23-12-15-29(28)17-18-8-6-5-7-9-18)24-19-10-13-26(14-11-19)16-20(27)25(2)3/h5-9,19H,4,10-17H2,1-3H3,(H2,22,23,24). The molecule has 0 aromatic heterocycles. The second kappa shape index (κ2) is 12.6. The SMILES string of the molecule is CCNC(=NCCS(=O)Cc1ccccc1)NC1CCN(CC(=O)N(C)C)CC1. The lowest BCUT2D eigenvalue weighted by Crippen LogP contribution is -2.50. The number of carbonyl (C=O) groups excluding carboxylic acids is 1. The topological polar surface area (TPSA) is 77.0 Å². The summed E-state index contributed by atoms with van der Waals surface area (Å²) in [6, 6.07) is 10.3. The van der Waals surface area contributed by atoms with Crippen molar-refractivity contribution in [2.24, 2.45) is 4.99 Å². The van der Waals surface area contributed by atoms with Crippen molar-refractivity contribution >= 4 is 22.7 Å². The molecule has 2 N–H and O–H groups in total. The number of guanidine groups is 1. The van der Waals surface area contributed by atoms with Gasteiger partial charge >= 0.3 is 0 Å². The van der Waals surface area contributed by atoms with Crippen LogP contribution in [0.25, 0.3) is 0 Å². The number of benzene rings is 1. The van der Waals surface area contributed by atoms with Crippen molar-refractivity contribution in [2.45, 2.75) is 31.6 Å². The monoisotopic (exact) mass is 421 g/mol. The maximum Gasteiger partial charge on any atom is 0.236 e. The van der Waals surface area contributed by atoms with Gasteiger partial charge in [0.1, 0.15) is 0 Å². The lowest BCUT2D eigenvalue weighted by atomic mass is 10.1. The molecule has 1 fully saturated rings. The number of likely N-dealkylation sites (N-methyl/N-ethyl adjacent to an activating group) is 1. The van der Waals surface area contributed by atoms with Gasteiger partial charge in [0, 0.05) is 62.1 Å². The van der Waals surface area contributed by atoms with Gasteiger partial charge in [-0.15, -0.1) is 0 Å². The second-order valence-electron chi connectivity index (χ2n) is 7.52. The Bertz CT molecular complexity index is 673. The molecule has 1 aliphatic rings. The van der Waals surface area contributed by atoms with Crippen LogP contribution in [0.15, 0.2) is 35.3 Å². The van der Waals surface area contributed by atoms with Gasteiger partial charge in [0.15, 0.2) is 5.96 Å². The van der Waals surface area contributed by atoms with E-state index in [1.165, 1.54) is 0 Å². The van der Waals surface area contributed by atoms with E-state index in [1.54, 1.807) is 19.0 Å². The zero-order valence-electron chi connectivity index (χ0n) is 17.9. The molecular formula is C21H35N5O2S. The molecule has 0 radical (unpaired) electrons. The van der Waals surface area contributed by atoms with Crippen LogP contribution in [0, 0.1) is 0 Å². The first kappa shape index (κ1) is 23.3. The highest BCUT2D eigenvalue weighted by Gasteiger charge is 2.22. The number of rotatable bonds is 9. The number of carbonyl (C=O) groups is 1. The fourth-order valence-electron chi connectivity index (χ4n) is 3.17. The zero-order valence-corrected chi connectivity index (χ0v) is 18.7. The summed E-state index contributed by atoms with van der Waals surface area (Å²) in [6.07, 6.45) is 1.95. The molecule has 0 spiro atoms. The Morgan fingerprint density at radius 3 is 2.55 bits per heavy atom. The van der Waals surface area contributed by atoms with Gasteiger partial charge in [0.25, 0.3) is 0 Å². The van der Waals surface area contributed by atoms with Crippen LogP contribution in [0.2, 0.25) is 0 Å². The normalized spacial score (nSPS) is 17.0. The number of nitrogens with zero attached hydrogens (tertiary/aromatic N) is 3. The summed E-state index contributed by atoms with van der Waals surface area (Å²) in [6.45, 7) is 5.65. The Hall–Kier alpha value is -1.93. The average molecular weight is 422 g/mol. The Balaban J connectivity index is 1.74. The summed E-state index contributed by atoms with van der Waals surface area (Å²) in [5.41, 5.74) is 1.10. The lowest BCUT2D eigenvalue weighted by Gasteiger charge is -2.33. The molecule has 1 aromatic carbocycles.